The molecular formula is C13H22O. The molecule has 0 aromatic carbocycles. The number of rotatable bonds is 3. The Hall–Kier alpha value is -0.590. The highest BCUT2D eigenvalue weighted by Gasteiger charge is 2.36. The number of hydrogen-bond donors (Lipinski definition) is 0. The molecular weight excluding hydrogens is 172 g/mol. The molecule has 1 fully saturated rings. The summed E-state index contributed by atoms with van der Waals surface area (Å²) in [5, 5.41) is 0. The van der Waals surface area contributed by atoms with Crippen molar-refractivity contribution in [3.05, 3.63) is 12.7 Å². The van der Waals surface area contributed by atoms with E-state index in [1.807, 2.05) is 6.08 Å². The monoisotopic (exact) mass is 194 g/mol. The number of Topliss-reactive ketones (excluding diaryl/α,β-unsaturated/α-hetero) is 1. The average molecular weight is 194 g/mol. The fourth-order valence-electron chi connectivity index (χ4n) is 2.53. The Morgan fingerprint density at radius 1 is 1.64 bits per heavy atom. The van der Waals surface area contributed by atoms with Gasteiger partial charge in [-0.2, -0.15) is 0 Å². The molecule has 2 unspecified atom stereocenters. The molecule has 80 valence electrons. The number of ketones is 1. The van der Waals surface area contributed by atoms with Crippen molar-refractivity contribution in [1.82, 2.24) is 0 Å². The van der Waals surface area contributed by atoms with Crippen molar-refractivity contribution in [3.8, 4) is 0 Å². The molecule has 0 bridgehead atoms. The Balaban J connectivity index is 2.62. The second-order valence-electron chi connectivity index (χ2n) is 5.34. The van der Waals surface area contributed by atoms with Crippen LogP contribution in [0.4, 0.5) is 0 Å². The first kappa shape index (κ1) is 11.5. The molecule has 1 nitrogen and oxygen atoms in total. The van der Waals surface area contributed by atoms with Crippen LogP contribution in [0.15, 0.2) is 12.7 Å². The smallest absolute Gasteiger partial charge is 0.136 e. The van der Waals surface area contributed by atoms with Gasteiger partial charge in [-0.05, 0) is 30.6 Å². The topological polar surface area (TPSA) is 17.1 Å². The molecule has 2 atom stereocenters. The van der Waals surface area contributed by atoms with Crippen molar-refractivity contribution in [2.24, 2.45) is 17.3 Å². The maximum atomic E-state index is 11.9. The van der Waals surface area contributed by atoms with Gasteiger partial charge in [-0.3, -0.25) is 4.79 Å². The largest absolute Gasteiger partial charge is 0.299 e. The molecule has 0 heterocycles. The van der Waals surface area contributed by atoms with Gasteiger partial charge in [0.15, 0.2) is 0 Å². The maximum absolute atomic E-state index is 11.9. The van der Waals surface area contributed by atoms with Gasteiger partial charge in [-0.15, -0.1) is 6.58 Å². The van der Waals surface area contributed by atoms with Crippen molar-refractivity contribution in [3.63, 3.8) is 0 Å². The van der Waals surface area contributed by atoms with Gasteiger partial charge in [0.25, 0.3) is 0 Å². The molecule has 14 heavy (non-hydrogen) atoms. The molecule has 1 aliphatic carbocycles. The molecule has 0 saturated heterocycles. The van der Waals surface area contributed by atoms with Crippen LogP contribution < -0.4 is 0 Å². The minimum atomic E-state index is 0.199. The normalized spacial score (nSPS) is 33.4. The molecule has 1 saturated carbocycles. The third-order valence-electron chi connectivity index (χ3n) is 3.52. The summed E-state index contributed by atoms with van der Waals surface area (Å²) in [4.78, 5) is 11.9. The lowest BCUT2D eigenvalue weighted by molar-refractivity contribution is -0.129. The van der Waals surface area contributed by atoms with Crippen LogP contribution >= 0.6 is 0 Å². The molecule has 1 rings (SSSR count). The van der Waals surface area contributed by atoms with E-state index in [1.54, 1.807) is 0 Å². The Morgan fingerprint density at radius 3 is 2.71 bits per heavy atom. The van der Waals surface area contributed by atoms with Crippen molar-refractivity contribution < 1.29 is 4.79 Å². The first-order chi connectivity index (χ1) is 6.48. The van der Waals surface area contributed by atoms with E-state index in [4.69, 9.17) is 0 Å². The Morgan fingerprint density at radius 2 is 2.29 bits per heavy atom. The lowest BCUT2D eigenvalue weighted by Gasteiger charge is -2.37. The highest BCUT2D eigenvalue weighted by atomic mass is 16.1. The molecule has 0 aliphatic heterocycles. The van der Waals surface area contributed by atoms with Gasteiger partial charge in [0, 0.05) is 12.3 Å². The third kappa shape index (κ3) is 2.46. The molecule has 0 spiro atoms. The van der Waals surface area contributed by atoms with Gasteiger partial charge >= 0.3 is 0 Å². The summed E-state index contributed by atoms with van der Waals surface area (Å²) in [5.74, 6) is 1.29. The summed E-state index contributed by atoms with van der Waals surface area (Å²) in [6.07, 6.45) is 5.92. The average Bonchev–Trinajstić information content (AvgIpc) is 2.02. The van der Waals surface area contributed by atoms with Crippen molar-refractivity contribution in [2.45, 2.75) is 46.5 Å². The van der Waals surface area contributed by atoms with E-state index in [2.05, 4.69) is 27.4 Å². The third-order valence-corrected chi connectivity index (χ3v) is 3.52. The van der Waals surface area contributed by atoms with Crippen LogP contribution in [0.1, 0.15) is 46.5 Å². The van der Waals surface area contributed by atoms with Crippen molar-refractivity contribution >= 4 is 5.78 Å². The molecule has 0 radical (unpaired) electrons. The quantitative estimate of drug-likeness (QED) is 0.627. The van der Waals surface area contributed by atoms with E-state index in [0.717, 1.165) is 19.3 Å². The van der Waals surface area contributed by atoms with E-state index in [0.29, 0.717) is 17.6 Å². The number of hydrogen-bond acceptors (Lipinski definition) is 1. The van der Waals surface area contributed by atoms with E-state index in [-0.39, 0.29) is 5.41 Å². The van der Waals surface area contributed by atoms with Crippen molar-refractivity contribution in [1.29, 1.82) is 0 Å². The van der Waals surface area contributed by atoms with Gasteiger partial charge < -0.3 is 0 Å². The van der Waals surface area contributed by atoms with Crippen LogP contribution in [0.5, 0.6) is 0 Å². The van der Waals surface area contributed by atoms with E-state index in [1.165, 1.54) is 6.42 Å². The van der Waals surface area contributed by atoms with Crippen molar-refractivity contribution in [2.75, 3.05) is 0 Å². The summed E-state index contributed by atoms with van der Waals surface area (Å²) < 4.78 is 0. The zero-order valence-corrected chi connectivity index (χ0v) is 9.68. The van der Waals surface area contributed by atoms with E-state index < -0.39 is 0 Å². The molecule has 0 aromatic heterocycles. The zero-order valence-electron chi connectivity index (χ0n) is 9.68. The van der Waals surface area contributed by atoms with E-state index >= 15 is 0 Å². The molecule has 0 aromatic rings. The first-order valence-electron chi connectivity index (χ1n) is 5.62. The molecule has 1 aliphatic rings. The lowest BCUT2D eigenvalue weighted by Crippen LogP contribution is -2.34. The van der Waals surface area contributed by atoms with Crippen LogP contribution in [0.25, 0.3) is 0 Å². The predicted molar refractivity (Wildman–Crippen MR) is 60.1 cm³/mol. The van der Waals surface area contributed by atoms with Crippen LogP contribution in [-0.2, 0) is 4.79 Å². The van der Waals surface area contributed by atoms with Crippen LogP contribution in [0.3, 0.4) is 0 Å². The van der Waals surface area contributed by atoms with Gasteiger partial charge in [-0.1, -0.05) is 26.8 Å². The summed E-state index contributed by atoms with van der Waals surface area (Å²) in [6, 6.07) is 0. The lowest BCUT2D eigenvalue weighted by atomic mass is 9.67. The maximum Gasteiger partial charge on any atom is 0.136 e. The van der Waals surface area contributed by atoms with Crippen LogP contribution in [0.2, 0.25) is 0 Å². The highest BCUT2D eigenvalue weighted by Crippen LogP contribution is 2.41. The summed E-state index contributed by atoms with van der Waals surface area (Å²) in [7, 11) is 0. The van der Waals surface area contributed by atoms with Gasteiger partial charge in [0.1, 0.15) is 5.78 Å². The second-order valence-corrected chi connectivity index (χ2v) is 5.34. The van der Waals surface area contributed by atoms with Gasteiger partial charge in [0.05, 0.1) is 0 Å². The predicted octanol–water partition coefficient (Wildman–Crippen LogP) is 3.59. The number of allylic oxidation sites excluding steroid dienone is 1. The second kappa shape index (κ2) is 4.29. The molecule has 1 heteroatoms. The van der Waals surface area contributed by atoms with Gasteiger partial charge in [0.2, 0.25) is 0 Å². The molecule has 0 N–H and O–H groups in total. The fraction of sp³-hybridized carbons (Fsp3) is 0.769. The summed E-state index contributed by atoms with van der Waals surface area (Å²) in [6.45, 7) is 10.3. The number of carbonyl (C=O) groups excluding carboxylic acids is 1. The van der Waals surface area contributed by atoms with Crippen LogP contribution in [-0.4, -0.2) is 5.78 Å². The summed E-state index contributed by atoms with van der Waals surface area (Å²) >= 11 is 0. The van der Waals surface area contributed by atoms with Crippen LogP contribution in [0, 0.1) is 17.3 Å². The fourth-order valence-corrected chi connectivity index (χ4v) is 2.53. The molecule has 0 amide bonds. The number of carbonyl (C=O) groups is 1. The summed E-state index contributed by atoms with van der Waals surface area (Å²) in [5.41, 5.74) is 0.199. The first-order valence-corrected chi connectivity index (χ1v) is 5.62. The van der Waals surface area contributed by atoms with E-state index in [9.17, 15) is 4.79 Å². The Kier molecular flexibility index (Phi) is 3.52. The highest BCUT2D eigenvalue weighted by molar-refractivity contribution is 5.82. The Labute approximate surface area is 87.6 Å². The van der Waals surface area contributed by atoms with Gasteiger partial charge in [-0.25, -0.2) is 0 Å². The minimum Gasteiger partial charge on any atom is -0.299 e. The Bertz CT molecular complexity index is 229. The zero-order chi connectivity index (χ0) is 10.8. The SMILES string of the molecule is C=CCC1(C)CCC(C(C)C)C(=O)C1. The standard InChI is InChI=1S/C13H22O/c1-5-7-13(4)8-6-11(10(2)3)12(14)9-13/h5,10-11H,1,6-9H2,2-4H3. The minimum absolute atomic E-state index is 0.199.